The SMILES string of the molecule is C=CC1=C(/C=C\C)C(=O)N(C2CCC(CO)OC2OC)C1=O. The number of hydrogen-bond donors (Lipinski definition) is 1. The third-order valence-corrected chi connectivity index (χ3v) is 3.92. The largest absolute Gasteiger partial charge is 0.394 e. The molecule has 22 heavy (non-hydrogen) atoms. The normalized spacial score (nSPS) is 29.8. The van der Waals surface area contributed by atoms with Crippen molar-refractivity contribution in [2.75, 3.05) is 13.7 Å². The number of methoxy groups -OCH3 is 1. The number of rotatable bonds is 5. The lowest BCUT2D eigenvalue weighted by Gasteiger charge is -2.38. The van der Waals surface area contributed by atoms with Crippen LogP contribution < -0.4 is 0 Å². The highest BCUT2D eigenvalue weighted by Gasteiger charge is 2.45. The summed E-state index contributed by atoms with van der Waals surface area (Å²) in [5.41, 5.74) is 0.629. The van der Waals surface area contributed by atoms with E-state index in [2.05, 4.69) is 6.58 Å². The molecule has 1 saturated heterocycles. The number of aliphatic hydroxyl groups excluding tert-OH is 1. The molecule has 0 aromatic rings. The molecule has 0 aromatic heterocycles. The molecule has 3 unspecified atom stereocenters. The van der Waals surface area contributed by atoms with E-state index in [-0.39, 0.29) is 24.5 Å². The molecule has 1 fully saturated rings. The Hall–Kier alpha value is -1.76. The van der Waals surface area contributed by atoms with Gasteiger partial charge in [-0.2, -0.15) is 0 Å². The van der Waals surface area contributed by atoms with Crippen LogP contribution in [-0.4, -0.2) is 54.0 Å². The van der Waals surface area contributed by atoms with Crippen molar-refractivity contribution in [2.24, 2.45) is 0 Å². The summed E-state index contributed by atoms with van der Waals surface area (Å²) in [5, 5.41) is 9.19. The van der Waals surface area contributed by atoms with Gasteiger partial charge in [0.25, 0.3) is 11.8 Å². The fourth-order valence-electron chi connectivity index (χ4n) is 2.85. The maximum absolute atomic E-state index is 12.6. The Morgan fingerprint density at radius 3 is 2.59 bits per heavy atom. The van der Waals surface area contributed by atoms with E-state index in [9.17, 15) is 14.7 Å². The Bertz CT molecular complexity index is 537. The van der Waals surface area contributed by atoms with Crippen molar-refractivity contribution in [1.29, 1.82) is 0 Å². The van der Waals surface area contributed by atoms with Crippen molar-refractivity contribution in [3.8, 4) is 0 Å². The van der Waals surface area contributed by atoms with Crippen LogP contribution in [0.15, 0.2) is 36.0 Å². The van der Waals surface area contributed by atoms with Gasteiger partial charge in [-0.25, -0.2) is 0 Å². The molecule has 6 nitrogen and oxygen atoms in total. The van der Waals surface area contributed by atoms with Gasteiger partial charge >= 0.3 is 0 Å². The first kappa shape index (κ1) is 16.6. The fraction of sp³-hybridized carbons (Fsp3) is 0.500. The second-order valence-electron chi connectivity index (χ2n) is 5.20. The number of aliphatic hydroxyl groups is 1. The van der Waals surface area contributed by atoms with E-state index >= 15 is 0 Å². The predicted molar refractivity (Wildman–Crippen MR) is 79.7 cm³/mol. The Morgan fingerprint density at radius 2 is 2.05 bits per heavy atom. The molecule has 2 aliphatic heterocycles. The lowest BCUT2D eigenvalue weighted by Crippen LogP contribution is -2.53. The topological polar surface area (TPSA) is 76.1 Å². The molecule has 0 bridgehead atoms. The highest BCUT2D eigenvalue weighted by Crippen LogP contribution is 2.31. The lowest BCUT2D eigenvalue weighted by molar-refractivity contribution is -0.218. The van der Waals surface area contributed by atoms with Gasteiger partial charge in [0.05, 0.1) is 29.9 Å². The maximum atomic E-state index is 12.6. The minimum absolute atomic E-state index is 0.117. The Labute approximate surface area is 129 Å². The van der Waals surface area contributed by atoms with Crippen LogP contribution in [0.3, 0.4) is 0 Å². The summed E-state index contributed by atoms with van der Waals surface area (Å²) in [6.45, 7) is 5.28. The third-order valence-electron chi connectivity index (χ3n) is 3.92. The van der Waals surface area contributed by atoms with E-state index in [1.165, 1.54) is 18.1 Å². The van der Waals surface area contributed by atoms with Crippen molar-refractivity contribution in [1.82, 2.24) is 4.90 Å². The highest BCUT2D eigenvalue weighted by atomic mass is 16.7. The van der Waals surface area contributed by atoms with Crippen LogP contribution in [-0.2, 0) is 19.1 Å². The average Bonchev–Trinajstić information content (AvgIpc) is 2.77. The zero-order valence-electron chi connectivity index (χ0n) is 12.8. The molecule has 0 spiro atoms. The van der Waals surface area contributed by atoms with Crippen molar-refractivity contribution in [3.63, 3.8) is 0 Å². The number of nitrogens with zero attached hydrogens (tertiary/aromatic N) is 1. The van der Waals surface area contributed by atoms with Gasteiger partial charge < -0.3 is 14.6 Å². The second kappa shape index (κ2) is 7.00. The summed E-state index contributed by atoms with van der Waals surface area (Å²) >= 11 is 0. The standard InChI is InChI=1S/C16H21NO5/c1-4-6-12-11(5-2)14(19)17(15(12)20)13-8-7-10(9-18)22-16(13)21-3/h4-6,10,13,16,18H,2,7-9H2,1,3H3/b6-4-. The van der Waals surface area contributed by atoms with Crippen LogP contribution in [0.5, 0.6) is 0 Å². The van der Waals surface area contributed by atoms with E-state index in [0.717, 1.165) is 0 Å². The molecule has 2 heterocycles. The maximum Gasteiger partial charge on any atom is 0.261 e. The molecule has 0 aromatic carbocycles. The molecular formula is C16H21NO5. The number of imide groups is 1. The van der Waals surface area contributed by atoms with Gasteiger partial charge in [0.2, 0.25) is 0 Å². The van der Waals surface area contributed by atoms with Gasteiger partial charge in [-0.3, -0.25) is 14.5 Å². The zero-order chi connectivity index (χ0) is 16.3. The Balaban J connectivity index is 2.28. The monoisotopic (exact) mass is 307 g/mol. The number of ether oxygens (including phenoxy) is 2. The van der Waals surface area contributed by atoms with Gasteiger partial charge in [0.15, 0.2) is 6.29 Å². The summed E-state index contributed by atoms with van der Waals surface area (Å²) in [7, 11) is 1.46. The van der Waals surface area contributed by atoms with Crippen LogP contribution in [0.25, 0.3) is 0 Å². The smallest absolute Gasteiger partial charge is 0.261 e. The first-order valence-corrected chi connectivity index (χ1v) is 7.25. The number of hydrogen-bond acceptors (Lipinski definition) is 5. The molecule has 2 aliphatic rings. The molecule has 6 heteroatoms. The van der Waals surface area contributed by atoms with E-state index < -0.39 is 12.3 Å². The summed E-state index contributed by atoms with van der Waals surface area (Å²) in [5.74, 6) is -0.748. The fourth-order valence-corrected chi connectivity index (χ4v) is 2.85. The number of allylic oxidation sites excluding steroid dienone is 1. The predicted octanol–water partition coefficient (Wildman–Crippen LogP) is 0.926. The van der Waals surface area contributed by atoms with Crippen molar-refractivity contribution in [2.45, 2.75) is 38.2 Å². The summed E-state index contributed by atoms with van der Waals surface area (Å²) < 4.78 is 10.9. The first-order chi connectivity index (χ1) is 10.6. The summed E-state index contributed by atoms with van der Waals surface area (Å²) in [6, 6.07) is -0.509. The number of amides is 2. The molecule has 120 valence electrons. The van der Waals surface area contributed by atoms with Crippen LogP contribution in [0.2, 0.25) is 0 Å². The molecule has 2 rings (SSSR count). The third kappa shape index (κ3) is 2.77. The summed E-state index contributed by atoms with van der Waals surface area (Å²) in [4.78, 5) is 26.3. The molecule has 0 aliphatic carbocycles. The quantitative estimate of drug-likeness (QED) is 0.765. The first-order valence-electron chi connectivity index (χ1n) is 7.25. The van der Waals surface area contributed by atoms with Crippen molar-refractivity contribution >= 4 is 11.8 Å². The van der Waals surface area contributed by atoms with Crippen LogP contribution in [0, 0.1) is 0 Å². The van der Waals surface area contributed by atoms with Crippen molar-refractivity contribution < 1.29 is 24.2 Å². The van der Waals surface area contributed by atoms with Gasteiger partial charge in [0, 0.05) is 7.11 Å². The Kier molecular flexibility index (Phi) is 5.28. The van der Waals surface area contributed by atoms with Crippen LogP contribution in [0.1, 0.15) is 19.8 Å². The minimum atomic E-state index is -0.741. The molecule has 3 atom stereocenters. The molecule has 1 N–H and O–H groups in total. The van der Waals surface area contributed by atoms with Crippen LogP contribution >= 0.6 is 0 Å². The van der Waals surface area contributed by atoms with Gasteiger partial charge in [-0.05, 0) is 19.8 Å². The molecular weight excluding hydrogens is 286 g/mol. The second-order valence-corrected chi connectivity index (χ2v) is 5.20. The molecule has 0 saturated carbocycles. The van der Waals surface area contributed by atoms with Gasteiger partial charge in [-0.15, -0.1) is 0 Å². The van der Waals surface area contributed by atoms with E-state index in [4.69, 9.17) is 9.47 Å². The van der Waals surface area contributed by atoms with E-state index in [1.807, 2.05) is 0 Å². The van der Waals surface area contributed by atoms with Gasteiger partial charge in [0.1, 0.15) is 0 Å². The highest BCUT2D eigenvalue weighted by molar-refractivity contribution is 6.22. The van der Waals surface area contributed by atoms with Gasteiger partial charge in [-0.1, -0.05) is 24.8 Å². The number of carbonyl (C=O) groups excluding carboxylic acids is 2. The lowest BCUT2D eigenvalue weighted by atomic mass is 10.0. The number of carbonyl (C=O) groups is 2. The van der Waals surface area contributed by atoms with Crippen LogP contribution in [0.4, 0.5) is 0 Å². The molecule has 0 radical (unpaired) electrons. The van der Waals surface area contributed by atoms with E-state index in [1.54, 1.807) is 19.1 Å². The Morgan fingerprint density at radius 1 is 1.36 bits per heavy atom. The average molecular weight is 307 g/mol. The minimum Gasteiger partial charge on any atom is -0.394 e. The van der Waals surface area contributed by atoms with Crippen molar-refractivity contribution in [3.05, 3.63) is 36.0 Å². The molecule has 2 amide bonds. The van der Waals surface area contributed by atoms with E-state index in [0.29, 0.717) is 24.0 Å². The summed E-state index contributed by atoms with van der Waals surface area (Å²) in [6.07, 6.45) is 4.72. The zero-order valence-corrected chi connectivity index (χ0v) is 12.8.